The van der Waals surface area contributed by atoms with Crippen LogP contribution in [0.15, 0.2) is 29.2 Å². The molecule has 1 aromatic carbocycles. The number of aliphatic hydroxyl groups excluding tert-OH is 1. The van der Waals surface area contributed by atoms with Crippen molar-refractivity contribution in [2.45, 2.75) is 10.3 Å². The minimum Gasteiger partial charge on any atom is -0.381 e. The summed E-state index contributed by atoms with van der Waals surface area (Å²) in [5.41, 5.74) is -0.565. The number of aliphatic hydroxyl groups is 1. The minimum absolute atomic E-state index is 0.219. The van der Waals surface area contributed by atoms with Crippen molar-refractivity contribution in [3.8, 4) is 0 Å². The average Bonchev–Trinajstić information content (AvgIpc) is 2.04. The third-order valence-electron chi connectivity index (χ3n) is 1.20. The lowest BCUT2D eigenvalue weighted by Crippen LogP contribution is -2.00. The number of alkyl halides is 1. The summed E-state index contributed by atoms with van der Waals surface area (Å²) in [4.78, 5) is 0.927. The standard InChI is InChI=1S/C8H8Cl2OS/c9-5-8(11)12-7-3-1-2-6(10)4-7/h1-4,8,11H,5H2/t8-/m1/s1. The fraction of sp³-hybridized carbons (Fsp3) is 0.250. The Morgan fingerprint density at radius 2 is 2.25 bits per heavy atom. The zero-order chi connectivity index (χ0) is 8.97. The van der Waals surface area contributed by atoms with Gasteiger partial charge >= 0.3 is 0 Å². The van der Waals surface area contributed by atoms with Crippen LogP contribution in [0.4, 0.5) is 0 Å². The molecule has 0 spiro atoms. The van der Waals surface area contributed by atoms with Crippen LogP contribution in [0.3, 0.4) is 0 Å². The number of rotatable bonds is 3. The molecule has 0 unspecified atom stereocenters. The fourth-order valence-electron chi connectivity index (χ4n) is 0.729. The molecule has 1 nitrogen and oxygen atoms in total. The minimum atomic E-state index is -0.565. The van der Waals surface area contributed by atoms with Gasteiger partial charge in [-0.3, -0.25) is 0 Å². The van der Waals surface area contributed by atoms with E-state index < -0.39 is 5.44 Å². The van der Waals surface area contributed by atoms with Gasteiger partial charge in [-0.1, -0.05) is 29.4 Å². The molecule has 0 aliphatic rings. The summed E-state index contributed by atoms with van der Waals surface area (Å²) in [5, 5.41) is 9.86. The molecule has 0 amide bonds. The van der Waals surface area contributed by atoms with Crippen molar-refractivity contribution in [3.63, 3.8) is 0 Å². The van der Waals surface area contributed by atoms with Crippen molar-refractivity contribution in [1.82, 2.24) is 0 Å². The molecule has 0 fully saturated rings. The third-order valence-corrected chi connectivity index (χ3v) is 2.88. The molecule has 0 aromatic heterocycles. The summed E-state index contributed by atoms with van der Waals surface area (Å²) >= 11 is 12.5. The van der Waals surface area contributed by atoms with Crippen molar-refractivity contribution in [1.29, 1.82) is 0 Å². The fourth-order valence-corrected chi connectivity index (χ4v) is 1.90. The zero-order valence-corrected chi connectivity index (χ0v) is 8.53. The van der Waals surface area contributed by atoms with Gasteiger partial charge in [0, 0.05) is 9.92 Å². The van der Waals surface area contributed by atoms with Crippen molar-refractivity contribution >= 4 is 35.0 Å². The second kappa shape index (κ2) is 4.97. The first kappa shape index (κ1) is 10.2. The van der Waals surface area contributed by atoms with Crippen LogP contribution in [0.5, 0.6) is 0 Å². The molecule has 0 saturated carbocycles. The van der Waals surface area contributed by atoms with E-state index in [0.29, 0.717) is 5.02 Å². The van der Waals surface area contributed by atoms with Gasteiger partial charge in [0.1, 0.15) is 5.44 Å². The maximum Gasteiger partial charge on any atom is 0.117 e. The monoisotopic (exact) mass is 222 g/mol. The summed E-state index contributed by atoms with van der Waals surface area (Å²) in [6.45, 7) is 0. The highest BCUT2D eigenvalue weighted by atomic mass is 35.5. The van der Waals surface area contributed by atoms with Crippen molar-refractivity contribution in [2.24, 2.45) is 0 Å². The molecule has 0 heterocycles. The maximum absolute atomic E-state index is 9.19. The molecule has 0 bridgehead atoms. The molecule has 0 radical (unpaired) electrons. The molecular formula is C8H8Cl2OS. The molecule has 1 aromatic rings. The van der Waals surface area contributed by atoms with Crippen LogP contribution in [0.1, 0.15) is 0 Å². The van der Waals surface area contributed by atoms with Crippen LogP contribution in [0.2, 0.25) is 5.02 Å². The van der Waals surface area contributed by atoms with Gasteiger partial charge in [0.25, 0.3) is 0 Å². The van der Waals surface area contributed by atoms with Crippen molar-refractivity contribution in [3.05, 3.63) is 29.3 Å². The highest BCUT2D eigenvalue weighted by Gasteiger charge is 2.03. The topological polar surface area (TPSA) is 20.2 Å². The van der Waals surface area contributed by atoms with Gasteiger partial charge < -0.3 is 5.11 Å². The lowest BCUT2D eigenvalue weighted by atomic mass is 10.4. The van der Waals surface area contributed by atoms with Gasteiger partial charge in [-0.15, -0.1) is 11.6 Å². The Morgan fingerprint density at radius 1 is 1.50 bits per heavy atom. The second-order valence-corrected chi connectivity index (χ2v) is 4.18. The van der Waals surface area contributed by atoms with E-state index in [-0.39, 0.29) is 5.88 Å². The molecule has 12 heavy (non-hydrogen) atoms. The smallest absolute Gasteiger partial charge is 0.117 e. The Kier molecular flexibility index (Phi) is 4.22. The summed E-state index contributed by atoms with van der Waals surface area (Å²) in [5.74, 6) is 0.219. The normalized spacial score (nSPS) is 12.9. The van der Waals surface area contributed by atoms with Crippen LogP contribution in [0.25, 0.3) is 0 Å². The van der Waals surface area contributed by atoms with Crippen LogP contribution in [-0.2, 0) is 0 Å². The Balaban J connectivity index is 2.63. The number of thioether (sulfide) groups is 1. The van der Waals surface area contributed by atoms with Gasteiger partial charge in [0.05, 0.1) is 5.88 Å². The Morgan fingerprint density at radius 3 is 2.83 bits per heavy atom. The largest absolute Gasteiger partial charge is 0.381 e. The first-order valence-corrected chi connectivity index (χ1v) is 5.18. The molecule has 1 rings (SSSR count). The first-order chi connectivity index (χ1) is 5.72. The highest BCUT2D eigenvalue weighted by Crippen LogP contribution is 2.24. The van der Waals surface area contributed by atoms with E-state index in [9.17, 15) is 5.11 Å². The Hall–Kier alpha value is 0.110. The quantitative estimate of drug-likeness (QED) is 0.483. The van der Waals surface area contributed by atoms with Crippen molar-refractivity contribution < 1.29 is 5.11 Å². The Bertz CT molecular complexity index is 255. The number of hydrogen-bond donors (Lipinski definition) is 1. The molecule has 0 aliphatic carbocycles. The van der Waals surface area contributed by atoms with E-state index >= 15 is 0 Å². The SMILES string of the molecule is O[C@@H](CCl)Sc1cccc(Cl)c1. The van der Waals surface area contributed by atoms with E-state index in [4.69, 9.17) is 23.2 Å². The lowest BCUT2D eigenvalue weighted by Gasteiger charge is -2.05. The average molecular weight is 223 g/mol. The molecule has 1 N–H and O–H groups in total. The van der Waals surface area contributed by atoms with Crippen LogP contribution in [0, 0.1) is 0 Å². The third kappa shape index (κ3) is 3.23. The van der Waals surface area contributed by atoms with Gasteiger partial charge in [-0.2, -0.15) is 0 Å². The molecule has 0 saturated heterocycles. The number of hydrogen-bond acceptors (Lipinski definition) is 2. The predicted molar refractivity (Wildman–Crippen MR) is 54.0 cm³/mol. The molecule has 4 heteroatoms. The van der Waals surface area contributed by atoms with Crippen LogP contribution < -0.4 is 0 Å². The number of benzene rings is 1. The molecular weight excluding hydrogens is 215 g/mol. The zero-order valence-electron chi connectivity index (χ0n) is 6.21. The van der Waals surface area contributed by atoms with Gasteiger partial charge in [-0.25, -0.2) is 0 Å². The van der Waals surface area contributed by atoms with E-state index in [0.717, 1.165) is 4.90 Å². The van der Waals surface area contributed by atoms with Crippen LogP contribution >= 0.6 is 35.0 Å². The van der Waals surface area contributed by atoms with E-state index in [1.165, 1.54) is 11.8 Å². The van der Waals surface area contributed by atoms with E-state index in [1.54, 1.807) is 12.1 Å². The van der Waals surface area contributed by atoms with Crippen LogP contribution in [-0.4, -0.2) is 16.4 Å². The highest BCUT2D eigenvalue weighted by molar-refractivity contribution is 7.99. The first-order valence-electron chi connectivity index (χ1n) is 3.38. The van der Waals surface area contributed by atoms with E-state index in [1.807, 2.05) is 12.1 Å². The molecule has 66 valence electrons. The second-order valence-electron chi connectivity index (χ2n) is 2.18. The van der Waals surface area contributed by atoms with E-state index in [2.05, 4.69) is 0 Å². The van der Waals surface area contributed by atoms with Gasteiger partial charge in [0.15, 0.2) is 0 Å². The summed E-state index contributed by atoms with van der Waals surface area (Å²) in [7, 11) is 0. The predicted octanol–water partition coefficient (Wildman–Crippen LogP) is 2.99. The van der Waals surface area contributed by atoms with Gasteiger partial charge in [0.2, 0.25) is 0 Å². The lowest BCUT2D eigenvalue weighted by molar-refractivity contribution is 0.287. The van der Waals surface area contributed by atoms with Crippen molar-refractivity contribution in [2.75, 3.05) is 5.88 Å². The maximum atomic E-state index is 9.19. The molecule has 1 atom stereocenters. The molecule has 0 aliphatic heterocycles. The summed E-state index contributed by atoms with van der Waals surface area (Å²) in [6.07, 6.45) is 0. The Labute approximate surface area is 85.7 Å². The summed E-state index contributed by atoms with van der Waals surface area (Å²) < 4.78 is 0. The van der Waals surface area contributed by atoms with Gasteiger partial charge in [-0.05, 0) is 18.2 Å². The number of halogens is 2. The summed E-state index contributed by atoms with van der Waals surface area (Å²) in [6, 6.07) is 7.30.